The molecule has 9 heteroatoms. The van der Waals surface area contributed by atoms with E-state index >= 15 is 0 Å². The molecule has 0 unspecified atom stereocenters. The molecule has 0 radical (unpaired) electrons. The van der Waals surface area contributed by atoms with Gasteiger partial charge in [0, 0.05) is 16.1 Å². The number of sulfonamides is 1. The second-order valence-corrected chi connectivity index (χ2v) is 8.64. The van der Waals surface area contributed by atoms with Crippen LogP contribution in [0.15, 0.2) is 64.9 Å². The lowest BCUT2D eigenvalue weighted by Gasteiger charge is -2.09. The fourth-order valence-electron chi connectivity index (χ4n) is 2.23. The van der Waals surface area contributed by atoms with Crippen LogP contribution in [-0.4, -0.2) is 14.3 Å². The van der Waals surface area contributed by atoms with E-state index < -0.39 is 15.8 Å². The molecule has 2 aromatic carbocycles. The predicted molar refractivity (Wildman–Crippen MR) is 104 cm³/mol. The van der Waals surface area contributed by atoms with Gasteiger partial charge >= 0.3 is 0 Å². The summed E-state index contributed by atoms with van der Waals surface area (Å²) in [6.07, 6.45) is 0. The highest BCUT2D eigenvalue weighted by atomic mass is 35.5. The van der Waals surface area contributed by atoms with E-state index in [4.69, 9.17) is 11.6 Å². The van der Waals surface area contributed by atoms with Gasteiger partial charge in [0.1, 0.15) is 5.82 Å². The molecule has 3 aromatic rings. The van der Waals surface area contributed by atoms with Gasteiger partial charge in [-0.25, -0.2) is 12.8 Å². The number of hydrogen-bond acceptors (Lipinski definition) is 4. The molecular weight excluding hydrogens is 411 g/mol. The van der Waals surface area contributed by atoms with Gasteiger partial charge in [-0.3, -0.25) is 9.52 Å². The molecule has 0 aliphatic heterocycles. The van der Waals surface area contributed by atoms with E-state index in [1.165, 1.54) is 24.3 Å². The molecule has 0 spiro atoms. The number of hydrogen-bond donors (Lipinski definition) is 2. The molecule has 27 heavy (non-hydrogen) atoms. The Kier molecular flexibility index (Phi) is 5.79. The first-order valence-electron chi connectivity index (χ1n) is 7.74. The summed E-state index contributed by atoms with van der Waals surface area (Å²) < 4.78 is 40.3. The molecule has 0 saturated carbocycles. The van der Waals surface area contributed by atoms with E-state index in [2.05, 4.69) is 10.0 Å². The average molecular weight is 425 g/mol. The highest BCUT2D eigenvalue weighted by Gasteiger charge is 2.16. The fourth-order valence-corrected chi connectivity index (χ4v) is 4.20. The summed E-state index contributed by atoms with van der Waals surface area (Å²) in [7, 11) is -3.93. The summed E-state index contributed by atoms with van der Waals surface area (Å²) in [4.78, 5) is 13.0. The second kappa shape index (κ2) is 8.08. The summed E-state index contributed by atoms with van der Waals surface area (Å²) in [6, 6.07) is 12.9. The monoisotopic (exact) mass is 424 g/mol. The van der Waals surface area contributed by atoms with Crippen molar-refractivity contribution in [3.8, 4) is 0 Å². The van der Waals surface area contributed by atoms with Gasteiger partial charge in [0.25, 0.3) is 15.9 Å². The largest absolute Gasteiger partial charge is 0.347 e. The Balaban J connectivity index is 1.67. The first-order valence-corrected chi connectivity index (χ1v) is 10.5. The lowest BCUT2D eigenvalue weighted by atomic mass is 10.2. The Morgan fingerprint density at radius 2 is 1.85 bits per heavy atom. The van der Waals surface area contributed by atoms with Gasteiger partial charge in [-0.2, -0.15) is 0 Å². The van der Waals surface area contributed by atoms with Crippen LogP contribution in [-0.2, 0) is 16.6 Å². The fraction of sp³-hybridized carbons (Fsp3) is 0.0556. The Hall–Kier alpha value is -2.42. The van der Waals surface area contributed by atoms with Crippen LogP contribution in [0.3, 0.4) is 0 Å². The summed E-state index contributed by atoms with van der Waals surface area (Å²) in [5.41, 5.74) is 0.671. The van der Waals surface area contributed by atoms with Crippen LogP contribution in [0.5, 0.6) is 0 Å². The van der Waals surface area contributed by atoms with Gasteiger partial charge in [-0.05, 0) is 53.9 Å². The van der Waals surface area contributed by atoms with Crippen LogP contribution < -0.4 is 10.0 Å². The number of anilines is 1. The zero-order valence-electron chi connectivity index (χ0n) is 13.8. The van der Waals surface area contributed by atoms with Gasteiger partial charge in [-0.15, -0.1) is 11.3 Å². The van der Waals surface area contributed by atoms with Crippen LogP contribution in [0.1, 0.15) is 15.2 Å². The average Bonchev–Trinajstić information content (AvgIpc) is 3.16. The van der Waals surface area contributed by atoms with Gasteiger partial charge < -0.3 is 5.32 Å². The Morgan fingerprint density at radius 1 is 1.11 bits per heavy atom. The van der Waals surface area contributed by atoms with Crippen molar-refractivity contribution in [3.63, 3.8) is 0 Å². The van der Waals surface area contributed by atoms with E-state index in [-0.39, 0.29) is 21.5 Å². The molecule has 0 aliphatic rings. The number of amides is 1. The van der Waals surface area contributed by atoms with Crippen molar-refractivity contribution in [2.75, 3.05) is 4.72 Å². The quantitative estimate of drug-likeness (QED) is 0.620. The minimum atomic E-state index is -3.93. The second-order valence-electron chi connectivity index (χ2n) is 5.52. The lowest BCUT2D eigenvalue weighted by Crippen LogP contribution is -2.22. The molecule has 0 atom stereocenters. The third-order valence-electron chi connectivity index (χ3n) is 3.60. The topological polar surface area (TPSA) is 75.3 Å². The predicted octanol–water partition coefficient (Wildman–Crippen LogP) is 4.27. The standard InChI is InChI=1S/C18H14ClFN2O3S2/c19-16-10-15(7-8-17(16)20)27(24,25)22-13-5-3-12(4-6-13)18(23)21-11-14-2-1-9-26-14/h1-10,22H,11H2,(H,21,23). The Bertz CT molecular complexity index is 1050. The molecular formula is C18H14ClFN2O3S2. The van der Waals surface area contributed by atoms with Crippen LogP contribution >= 0.6 is 22.9 Å². The zero-order valence-corrected chi connectivity index (χ0v) is 16.2. The van der Waals surface area contributed by atoms with E-state index in [1.807, 2.05) is 17.5 Å². The van der Waals surface area contributed by atoms with E-state index in [1.54, 1.807) is 11.3 Å². The summed E-state index contributed by atoms with van der Waals surface area (Å²) in [5.74, 6) is -0.961. The molecule has 0 aliphatic carbocycles. The normalized spacial score (nSPS) is 11.2. The molecule has 2 N–H and O–H groups in total. The van der Waals surface area contributed by atoms with Crippen molar-refractivity contribution in [1.82, 2.24) is 5.32 Å². The van der Waals surface area contributed by atoms with Crippen molar-refractivity contribution < 1.29 is 17.6 Å². The summed E-state index contributed by atoms with van der Waals surface area (Å²) >= 11 is 7.18. The van der Waals surface area contributed by atoms with Crippen molar-refractivity contribution in [2.45, 2.75) is 11.4 Å². The molecule has 5 nitrogen and oxygen atoms in total. The van der Waals surface area contributed by atoms with E-state index in [0.717, 1.165) is 23.1 Å². The number of halogens is 2. The highest BCUT2D eigenvalue weighted by molar-refractivity contribution is 7.92. The van der Waals surface area contributed by atoms with Crippen LogP contribution in [0, 0.1) is 5.82 Å². The molecule has 1 amide bonds. The van der Waals surface area contributed by atoms with Crippen LogP contribution in [0.25, 0.3) is 0 Å². The molecule has 3 rings (SSSR count). The number of carbonyl (C=O) groups excluding carboxylic acids is 1. The van der Waals surface area contributed by atoms with Gasteiger partial charge in [-0.1, -0.05) is 17.7 Å². The zero-order chi connectivity index (χ0) is 19.4. The molecule has 0 fully saturated rings. The minimum Gasteiger partial charge on any atom is -0.347 e. The van der Waals surface area contributed by atoms with Gasteiger partial charge in [0.05, 0.1) is 16.5 Å². The van der Waals surface area contributed by atoms with Crippen molar-refractivity contribution in [3.05, 3.63) is 81.3 Å². The smallest absolute Gasteiger partial charge is 0.261 e. The van der Waals surface area contributed by atoms with Crippen molar-refractivity contribution in [1.29, 1.82) is 0 Å². The lowest BCUT2D eigenvalue weighted by molar-refractivity contribution is 0.0951. The van der Waals surface area contributed by atoms with E-state index in [9.17, 15) is 17.6 Å². The number of nitrogens with one attached hydrogen (secondary N) is 2. The molecule has 140 valence electrons. The maximum absolute atomic E-state index is 13.2. The number of benzene rings is 2. The van der Waals surface area contributed by atoms with Gasteiger partial charge in [0.15, 0.2) is 0 Å². The summed E-state index contributed by atoms with van der Waals surface area (Å²) in [5, 5.41) is 4.43. The number of thiophene rings is 1. The first kappa shape index (κ1) is 19.3. The van der Waals surface area contributed by atoms with Gasteiger partial charge in [0.2, 0.25) is 0 Å². The Morgan fingerprint density at radius 3 is 2.48 bits per heavy atom. The molecule has 1 aromatic heterocycles. The highest BCUT2D eigenvalue weighted by Crippen LogP contribution is 2.22. The number of carbonyl (C=O) groups is 1. The van der Waals surface area contributed by atoms with Crippen LogP contribution in [0.4, 0.5) is 10.1 Å². The third kappa shape index (κ3) is 4.85. The minimum absolute atomic E-state index is 0.160. The van der Waals surface area contributed by atoms with Crippen LogP contribution in [0.2, 0.25) is 5.02 Å². The maximum atomic E-state index is 13.2. The SMILES string of the molecule is O=C(NCc1cccs1)c1ccc(NS(=O)(=O)c2ccc(F)c(Cl)c2)cc1. The first-order chi connectivity index (χ1) is 12.8. The van der Waals surface area contributed by atoms with Crippen molar-refractivity contribution >= 4 is 44.6 Å². The summed E-state index contributed by atoms with van der Waals surface area (Å²) in [6.45, 7) is 0.427. The number of rotatable bonds is 6. The maximum Gasteiger partial charge on any atom is 0.261 e. The third-order valence-corrected chi connectivity index (χ3v) is 6.15. The molecule has 1 heterocycles. The molecule has 0 bridgehead atoms. The Labute approximate surface area is 164 Å². The molecule has 0 saturated heterocycles. The van der Waals surface area contributed by atoms with Crippen molar-refractivity contribution in [2.24, 2.45) is 0 Å². The van der Waals surface area contributed by atoms with E-state index in [0.29, 0.717) is 12.1 Å².